The van der Waals surface area contributed by atoms with Crippen LogP contribution in [0.4, 0.5) is 0 Å². The van der Waals surface area contributed by atoms with Crippen LogP contribution in [-0.4, -0.2) is 6.61 Å². The summed E-state index contributed by atoms with van der Waals surface area (Å²) in [6.07, 6.45) is 8.30. The van der Waals surface area contributed by atoms with Crippen molar-refractivity contribution in [3.63, 3.8) is 0 Å². The average Bonchev–Trinajstić information content (AvgIpc) is 2.49. The highest BCUT2D eigenvalue weighted by Crippen LogP contribution is 2.36. The number of allylic oxidation sites excluding steroid dienone is 1. The molecular formula is C18H25ClO. The first-order valence-electron chi connectivity index (χ1n) is 7.77. The van der Waals surface area contributed by atoms with E-state index in [2.05, 4.69) is 37.3 Å². The average molecular weight is 293 g/mol. The molecule has 1 aliphatic carbocycles. The second-order valence-corrected chi connectivity index (χ2v) is 5.98. The van der Waals surface area contributed by atoms with Crippen molar-refractivity contribution in [1.82, 2.24) is 0 Å². The van der Waals surface area contributed by atoms with Gasteiger partial charge in [0.15, 0.2) is 0 Å². The molecule has 1 aliphatic rings. The van der Waals surface area contributed by atoms with Crippen LogP contribution in [0.2, 0.25) is 0 Å². The normalized spacial score (nSPS) is 23.3. The highest BCUT2D eigenvalue weighted by molar-refractivity contribution is 6.25. The lowest BCUT2D eigenvalue weighted by Crippen LogP contribution is -2.11. The second-order valence-electron chi connectivity index (χ2n) is 5.72. The lowest BCUT2D eigenvalue weighted by atomic mass is 9.79. The zero-order valence-corrected chi connectivity index (χ0v) is 13.1. The summed E-state index contributed by atoms with van der Waals surface area (Å²) in [7, 11) is 0. The Morgan fingerprint density at radius 2 is 1.85 bits per heavy atom. The molecule has 110 valence electrons. The molecular weight excluding hydrogens is 268 g/mol. The van der Waals surface area contributed by atoms with E-state index in [-0.39, 0.29) is 0 Å². The third-order valence-corrected chi connectivity index (χ3v) is 4.33. The molecule has 1 fully saturated rings. The Kier molecular flexibility index (Phi) is 6.62. The summed E-state index contributed by atoms with van der Waals surface area (Å²) in [4.78, 5) is 0. The van der Waals surface area contributed by atoms with Crippen molar-refractivity contribution in [1.29, 1.82) is 0 Å². The Hall–Kier alpha value is -0.790. The van der Waals surface area contributed by atoms with Crippen LogP contribution in [0.15, 0.2) is 35.9 Å². The van der Waals surface area contributed by atoms with Crippen LogP contribution in [0.1, 0.15) is 56.1 Å². The fourth-order valence-electron chi connectivity index (χ4n) is 2.97. The SMILES string of the molecule is CCCOCc1ccc(C2CCC(C=CCl)CC2)cc1. The molecule has 0 amide bonds. The maximum atomic E-state index is 5.67. The summed E-state index contributed by atoms with van der Waals surface area (Å²) >= 11 is 5.67. The van der Waals surface area contributed by atoms with Crippen molar-refractivity contribution >= 4 is 11.6 Å². The Morgan fingerprint density at radius 1 is 1.15 bits per heavy atom. The standard InChI is InChI=1S/C18H25ClO/c1-2-13-20-14-16-5-9-18(10-6-16)17-7-3-15(4-8-17)11-12-19/h5-6,9-12,15,17H,2-4,7-8,13-14H2,1H3. The second kappa shape index (κ2) is 8.49. The Balaban J connectivity index is 1.84. The molecule has 0 atom stereocenters. The molecule has 1 aromatic carbocycles. The number of rotatable bonds is 6. The van der Waals surface area contributed by atoms with E-state index in [1.807, 2.05) is 0 Å². The van der Waals surface area contributed by atoms with Gasteiger partial charge < -0.3 is 4.74 Å². The van der Waals surface area contributed by atoms with Gasteiger partial charge in [0.25, 0.3) is 0 Å². The molecule has 20 heavy (non-hydrogen) atoms. The smallest absolute Gasteiger partial charge is 0.0716 e. The lowest BCUT2D eigenvalue weighted by molar-refractivity contribution is 0.121. The van der Waals surface area contributed by atoms with Crippen molar-refractivity contribution in [2.75, 3.05) is 6.61 Å². The highest BCUT2D eigenvalue weighted by atomic mass is 35.5. The fraction of sp³-hybridized carbons (Fsp3) is 0.556. The minimum Gasteiger partial charge on any atom is -0.377 e. The summed E-state index contributed by atoms with van der Waals surface area (Å²) in [5.74, 6) is 1.41. The van der Waals surface area contributed by atoms with E-state index < -0.39 is 0 Å². The first kappa shape index (κ1) is 15.6. The number of halogens is 1. The summed E-state index contributed by atoms with van der Waals surface area (Å²) < 4.78 is 5.58. The third-order valence-electron chi connectivity index (χ3n) is 4.19. The van der Waals surface area contributed by atoms with Gasteiger partial charge in [-0.3, -0.25) is 0 Å². The van der Waals surface area contributed by atoms with Gasteiger partial charge in [-0.15, -0.1) is 0 Å². The van der Waals surface area contributed by atoms with Crippen molar-refractivity contribution in [3.05, 3.63) is 47.0 Å². The van der Waals surface area contributed by atoms with Crippen LogP contribution < -0.4 is 0 Å². The molecule has 1 aromatic rings. The van der Waals surface area contributed by atoms with E-state index in [0.717, 1.165) is 25.6 Å². The van der Waals surface area contributed by atoms with Gasteiger partial charge in [0.2, 0.25) is 0 Å². The van der Waals surface area contributed by atoms with Gasteiger partial charge in [-0.05, 0) is 55.1 Å². The van der Waals surface area contributed by atoms with Crippen LogP contribution >= 0.6 is 11.6 Å². The molecule has 2 heteroatoms. The van der Waals surface area contributed by atoms with Gasteiger partial charge in [0, 0.05) is 12.1 Å². The molecule has 0 radical (unpaired) electrons. The predicted molar refractivity (Wildman–Crippen MR) is 86.1 cm³/mol. The molecule has 0 aromatic heterocycles. The summed E-state index contributed by atoms with van der Waals surface area (Å²) in [6, 6.07) is 9.01. The van der Waals surface area contributed by atoms with E-state index in [1.165, 1.54) is 36.8 Å². The number of hydrogen-bond acceptors (Lipinski definition) is 1. The van der Waals surface area contributed by atoms with Crippen molar-refractivity contribution in [3.8, 4) is 0 Å². The largest absolute Gasteiger partial charge is 0.377 e. The van der Waals surface area contributed by atoms with E-state index in [0.29, 0.717) is 5.92 Å². The topological polar surface area (TPSA) is 9.23 Å². The molecule has 0 unspecified atom stereocenters. The monoisotopic (exact) mass is 292 g/mol. The molecule has 0 saturated heterocycles. The van der Waals surface area contributed by atoms with E-state index in [4.69, 9.17) is 16.3 Å². The summed E-state index contributed by atoms with van der Waals surface area (Å²) in [5.41, 5.74) is 4.44. The van der Waals surface area contributed by atoms with Gasteiger partial charge in [0.1, 0.15) is 0 Å². The molecule has 0 spiro atoms. The maximum absolute atomic E-state index is 5.67. The Bertz CT molecular complexity index is 402. The third kappa shape index (κ3) is 4.64. The number of benzene rings is 1. The lowest BCUT2D eigenvalue weighted by Gasteiger charge is -2.27. The molecule has 0 N–H and O–H groups in total. The van der Waals surface area contributed by atoms with Gasteiger partial charge in [-0.2, -0.15) is 0 Å². The van der Waals surface area contributed by atoms with E-state index in [1.54, 1.807) is 5.54 Å². The molecule has 0 aliphatic heterocycles. The van der Waals surface area contributed by atoms with Gasteiger partial charge in [0.05, 0.1) is 6.61 Å². The molecule has 2 rings (SSSR count). The Morgan fingerprint density at radius 3 is 2.45 bits per heavy atom. The zero-order valence-electron chi connectivity index (χ0n) is 12.4. The van der Waals surface area contributed by atoms with E-state index in [9.17, 15) is 0 Å². The minimum atomic E-state index is 0.686. The van der Waals surface area contributed by atoms with Crippen LogP contribution in [0.5, 0.6) is 0 Å². The van der Waals surface area contributed by atoms with Crippen molar-refractivity contribution in [2.24, 2.45) is 5.92 Å². The van der Waals surface area contributed by atoms with Crippen LogP contribution in [0.3, 0.4) is 0 Å². The quantitative estimate of drug-likeness (QED) is 0.617. The molecule has 1 saturated carbocycles. The summed E-state index contributed by atoms with van der Waals surface area (Å²) in [5, 5.41) is 0. The zero-order chi connectivity index (χ0) is 14.2. The van der Waals surface area contributed by atoms with Crippen molar-refractivity contribution < 1.29 is 4.74 Å². The molecule has 0 bridgehead atoms. The van der Waals surface area contributed by atoms with Gasteiger partial charge >= 0.3 is 0 Å². The van der Waals surface area contributed by atoms with Gasteiger partial charge in [-0.25, -0.2) is 0 Å². The fourth-order valence-corrected chi connectivity index (χ4v) is 3.17. The highest BCUT2D eigenvalue weighted by Gasteiger charge is 2.20. The number of hydrogen-bond donors (Lipinski definition) is 0. The van der Waals surface area contributed by atoms with Crippen molar-refractivity contribution in [2.45, 2.75) is 51.6 Å². The minimum absolute atomic E-state index is 0.686. The first-order chi connectivity index (χ1) is 9.83. The van der Waals surface area contributed by atoms with Crippen LogP contribution in [-0.2, 0) is 11.3 Å². The van der Waals surface area contributed by atoms with Crippen LogP contribution in [0, 0.1) is 5.92 Å². The first-order valence-corrected chi connectivity index (χ1v) is 8.20. The van der Waals surface area contributed by atoms with E-state index >= 15 is 0 Å². The number of ether oxygens (including phenoxy) is 1. The summed E-state index contributed by atoms with van der Waals surface area (Å²) in [6.45, 7) is 3.72. The maximum Gasteiger partial charge on any atom is 0.0716 e. The molecule has 1 nitrogen and oxygen atoms in total. The predicted octanol–water partition coefficient (Wildman–Crippen LogP) is 5.64. The van der Waals surface area contributed by atoms with Crippen LogP contribution in [0.25, 0.3) is 0 Å². The Labute approximate surface area is 128 Å². The molecule has 0 heterocycles. The van der Waals surface area contributed by atoms with Gasteiger partial charge in [-0.1, -0.05) is 48.9 Å².